The number of carbonyl (C=O) groups is 1. The van der Waals surface area contributed by atoms with Gasteiger partial charge in [0.1, 0.15) is 10.1 Å². The van der Waals surface area contributed by atoms with Crippen molar-refractivity contribution in [2.24, 2.45) is 0 Å². The zero-order chi connectivity index (χ0) is 19.9. The molecule has 0 radical (unpaired) electrons. The second-order valence-corrected chi connectivity index (χ2v) is 8.01. The normalized spacial score (nSPS) is 14.2. The Kier molecular flexibility index (Phi) is 7.21. The number of nitrogens with one attached hydrogen (secondary N) is 1. The average Bonchev–Trinajstić information content (AvgIpc) is 3.15. The third-order valence-electron chi connectivity index (χ3n) is 4.34. The first-order chi connectivity index (χ1) is 13.5. The largest absolute Gasteiger partial charge is 0.354 e. The van der Waals surface area contributed by atoms with Crippen LogP contribution in [-0.4, -0.2) is 67.9 Å². The monoisotopic (exact) mass is 422 g/mol. The number of urea groups is 1. The number of thioether (sulfide) groups is 1. The fourth-order valence-corrected chi connectivity index (χ4v) is 3.97. The quantitative estimate of drug-likeness (QED) is 0.746. The number of nitrogens with zero attached hydrogens (tertiary/aromatic N) is 5. The van der Waals surface area contributed by atoms with Crippen molar-refractivity contribution in [3.63, 3.8) is 0 Å². The molecule has 1 aromatic carbocycles. The van der Waals surface area contributed by atoms with Gasteiger partial charge in [-0.2, -0.15) is 0 Å². The molecule has 1 aliphatic heterocycles. The summed E-state index contributed by atoms with van der Waals surface area (Å²) in [6.07, 6.45) is 1.88. The van der Waals surface area contributed by atoms with Crippen LogP contribution in [0.15, 0.2) is 30.5 Å². The Morgan fingerprint density at radius 1 is 1.21 bits per heavy atom. The summed E-state index contributed by atoms with van der Waals surface area (Å²) in [5.41, 5.74) is 1.81. The SMILES string of the molecule is CCNC(=O)N1CCN(C(=S)SCc2cn(Cc3ccc(F)cc3)nn2)CC1. The minimum absolute atomic E-state index is 0.0153. The summed E-state index contributed by atoms with van der Waals surface area (Å²) in [6, 6.07) is 6.33. The van der Waals surface area contributed by atoms with Gasteiger partial charge in [0.15, 0.2) is 0 Å². The van der Waals surface area contributed by atoms with Crippen LogP contribution in [0.5, 0.6) is 0 Å². The summed E-state index contributed by atoms with van der Waals surface area (Å²) in [7, 11) is 0. The second-order valence-electron chi connectivity index (χ2n) is 6.40. The molecular weight excluding hydrogens is 399 g/mol. The Morgan fingerprint density at radius 3 is 2.57 bits per heavy atom. The first-order valence-corrected chi connectivity index (χ1v) is 10.5. The molecule has 7 nitrogen and oxygen atoms in total. The van der Waals surface area contributed by atoms with Crippen LogP contribution in [0.1, 0.15) is 18.2 Å². The lowest BCUT2D eigenvalue weighted by Gasteiger charge is -2.35. The molecule has 2 aromatic rings. The van der Waals surface area contributed by atoms with Crippen molar-refractivity contribution < 1.29 is 9.18 Å². The molecule has 0 atom stereocenters. The number of amides is 2. The van der Waals surface area contributed by atoms with Gasteiger partial charge in [0.25, 0.3) is 0 Å². The van der Waals surface area contributed by atoms with E-state index in [0.717, 1.165) is 28.7 Å². The number of thiocarbonyl (C=S) groups is 1. The molecule has 10 heteroatoms. The van der Waals surface area contributed by atoms with Gasteiger partial charge >= 0.3 is 6.03 Å². The predicted octanol–water partition coefficient (Wildman–Crippen LogP) is 2.33. The Hall–Kier alpha value is -2.20. The molecule has 1 fully saturated rings. The highest BCUT2D eigenvalue weighted by molar-refractivity contribution is 8.22. The minimum Gasteiger partial charge on any atom is -0.354 e. The van der Waals surface area contributed by atoms with E-state index in [9.17, 15) is 9.18 Å². The summed E-state index contributed by atoms with van der Waals surface area (Å²) in [5.74, 6) is 0.387. The molecule has 150 valence electrons. The van der Waals surface area contributed by atoms with Gasteiger partial charge in [-0.1, -0.05) is 41.3 Å². The van der Waals surface area contributed by atoms with Gasteiger partial charge in [-0.25, -0.2) is 13.9 Å². The van der Waals surface area contributed by atoms with Gasteiger partial charge in [-0.15, -0.1) is 5.10 Å². The number of hydrogen-bond acceptors (Lipinski definition) is 5. The van der Waals surface area contributed by atoms with E-state index in [4.69, 9.17) is 12.2 Å². The van der Waals surface area contributed by atoms with Crippen molar-refractivity contribution in [1.29, 1.82) is 0 Å². The molecule has 3 rings (SSSR count). The van der Waals surface area contributed by atoms with Crippen molar-refractivity contribution >= 4 is 34.3 Å². The van der Waals surface area contributed by atoms with E-state index in [1.54, 1.807) is 28.6 Å². The Labute approximate surface area is 173 Å². The molecule has 1 N–H and O–H groups in total. The molecule has 0 bridgehead atoms. The van der Waals surface area contributed by atoms with Crippen molar-refractivity contribution in [3.8, 4) is 0 Å². The molecule has 2 amide bonds. The van der Waals surface area contributed by atoms with E-state index in [1.807, 2.05) is 18.0 Å². The lowest BCUT2D eigenvalue weighted by atomic mass is 10.2. The summed E-state index contributed by atoms with van der Waals surface area (Å²) in [6.45, 7) is 5.90. The van der Waals surface area contributed by atoms with Gasteiger partial charge in [0, 0.05) is 44.7 Å². The fraction of sp³-hybridized carbons (Fsp3) is 0.444. The zero-order valence-electron chi connectivity index (χ0n) is 15.7. The van der Waals surface area contributed by atoms with Crippen LogP contribution >= 0.6 is 24.0 Å². The number of hydrogen-bond donors (Lipinski definition) is 1. The van der Waals surface area contributed by atoms with Crippen LogP contribution in [0.4, 0.5) is 9.18 Å². The molecule has 1 aromatic heterocycles. The Bertz CT molecular complexity index is 805. The van der Waals surface area contributed by atoms with Gasteiger partial charge < -0.3 is 15.1 Å². The number of piperazine rings is 1. The van der Waals surface area contributed by atoms with Gasteiger partial charge in [-0.05, 0) is 24.6 Å². The maximum atomic E-state index is 13.0. The first-order valence-electron chi connectivity index (χ1n) is 9.13. The highest BCUT2D eigenvalue weighted by Crippen LogP contribution is 2.17. The molecule has 0 saturated carbocycles. The summed E-state index contributed by atoms with van der Waals surface area (Å²) in [5, 5.41) is 11.1. The lowest BCUT2D eigenvalue weighted by Crippen LogP contribution is -2.52. The van der Waals surface area contributed by atoms with E-state index >= 15 is 0 Å². The number of benzene rings is 1. The van der Waals surface area contributed by atoms with E-state index in [-0.39, 0.29) is 11.8 Å². The summed E-state index contributed by atoms with van der Waals surface area (Å²) >= 11 is 7.08. The van der Waals surface area contributed by atoms with Crippen LogP contribution in [0.3, 0.4) is 0 Å². The Morgan fingerprint density at radius 2 is 1.89 bits per heavy atom. The van der Waals surface area contributed by atoms with Crippen LogP contribution in [0, 0.1) is 5.82 Å². The number of aromatic nitrogens is 3. The molecule has 0 aliphatic carbocycles. The van der Waals surface area contributed by atoms with Crippen molar-refractivity contribution in [3.05, 3.63) is 47.5 Å². The standard InChI is InChI=1S/C18H23FN6OS2/c1-2-20-17(26)23-7-9-24(10-8-23)18(27)28-13-16-12-25(22-21-16)11-14-3-5-15(19)6-4-14/h3-6,12H,2,7-11,13H2,1H3,(H,20,26). The topological polar surface area (TPSA) is 66.3 Å². The number of rotatable bonds is 5. The van der Waals surface area contributed by atoms with Crippen LogP contribution in [0.25, 0.3) is 0 Å². The van der Waals surface area contributed by atoms with E-state index in [2.05, 4.69) is 20.5 Å². The minimum atomic E-state index is -0.250. The smallest absolute Gasteiger partial charge is 0.317 e. The zero-order valence-corrected chi connectivity index (χ0v) is 17.3. The Balaban J connectivity index is 1.43. The highest BCUT2D eigenvalue weighted by Gasteiger charge is 2.22. The molecule has 28 heavy (non-hydrogen) atoms. The molecule has 0 unspecified atom stereocenters. The summed E-state index contributed by atoms with van der Waals surface area (Å²) < 4.78 is 15.5. The van der Waals surface area contributed by atoms with Gasteiger partial charge in [0.2, 0.25) is 0 Å². The highest BCUT2D eigenvalue weighted by atomic mass is 32.2. The van der Waals surface area contributed by atoms with E-state index in [0.29, 0.717) is 31.9 Å². The maximum absolute atomic E-state index is 13.0. The molecule has 1 saturated heterocycles. The van der Waals surface area contributed by atoms with Gasteiger partial charge in [-0.3, -0.25) is 0 Å². The number of carbonyl (C=O) groups excluding carboxylic acids is 1. The van der Waals surface area contributed by atoms with Crippen LogP contribution < -0.4 is 5.32 Å². The van der Waals surface area contributed by atoms with E-state index in [1.165, 1.54) is 12.1 Å². The van der Waals surface area contributed by atoms with Crippen LogP contribution in [-0.2, 0) is 12.3 Å². The van der Waals surface area contributed by atoms with E-state index < -0.39 is 0 Å². The second kappa shape index (κ2) is 9.83. The molecule has 0 spiro atoms. The number of halogens is 1. The average molecular weight is 423 g/mol. The molecule has 2 heterocycles. The lowest BCUT2D eigenvalue weighted by molar-refractivity contribution is 0.171. The fourth-order valence-electron chi connectivity index (χ4n) is 2.84. The third kappa shape index (κ3) is 5.65. The van der Waals surface area contributed by atoms with Crippen molar-refractivity contribution in [2.75, 3.05) is 32.7 Å². The third-order valence-corrected chi connectivity index (χ3v) is 5.90. The van der Waals surface area contributed by atoms with Crippen molar-refractivity contribution in [2.45, 2.75) is 19.2 Å². The van der Waals surface area contributed by atoms with Gasteiger partial charge in [0.05, 0.1) is 12.2 Å². The maximum Gasteiger partial charge on any atom is 0.317 e. The van der Waals surface area contributed by atoms with Crippen LogP contribution in [0.2, 0.25) is 0 Å². The predicted molar refractivity (Wildman–Crippen MR) is 112 cm³/mol. The summed E-state index contributed by atoms with van der Waals surface area (Å²) in [4.78, 5) is 15.8. The molecule has 1 aliphatic rings. The first kappa shape index (κ1) is 20.5. The van der Waals surface area contributed by atoms with Crippen molar-refractivity contribution in [1.82, 2.24) is 30.1 Å². The molecular formula is C18H23FN6OS2.